The molecule has 1 atom stereocenters. The molecule has 0 amide bonds. The molecule has 1 aromatic rings. The van der Waals surface area contributed by atoms with E-state index in [4.69, 9.17) is 0 Å². The fraction of sp³-hybridized carbons (Fsp3) is 0.385. The van der Waals surface area contributed by atoms with Crippen molar-refractivity contribution in [1.29, 1.82) is 0 Å². The van der Waals surface area contributed by atoms with Gasteiger partial charge in [-0.2, -0.15) is 0 Å². The molecule has 1 aromatic carbocycles. The van der Waals surface area contributed by atoms with Crippen molar-refractivity contribution in [2.24, 2.45) is 0 Å². The molecule has 15 heavy (non-hydrogen) atoms. The van der Waals surface area contributed by atoms with Gasteiger partial charge in [0.2, 0.25) is 0 Å². The van der Waals surface area contributed by atoms with Gasteiger partial charge in [-0.3, -0.25) is 4.79 Å². The Kier molecular flexibility index (Phi) is 2.87. The Morgan fingerprint density at radius 1 is 1.20 bits per heavy atom. The Labute approximate surface area is 89.9 Å². The average Bonchev–Trinajstić information content (AvgIpc) is 2.30. The summed E-state index contributed by atoms with van der Waals surface area (Å²) < 4.78 is 0. The molecule has 1 saturated carbocycles. The summed E-state index contributed by atoms with van der Waals surface area (Å²) in [7, 11) is 0. The summed E-state index contributed by atoms with van der Waals surface area (Å²) in [5.74, 6) is -0.164. The maximum Gasteiger partial charge on any atom is 0.194 e. The highest BCUT2D eigenvalue weighted by Gasteiger charge is 2.37. The Bertz CT molecular complexity index is 337. The van der Waals surface area contributed by atoms with Gasteiger partial charge in [0.05, 0.1) is 0 Å². The number of hydrogen-bond acceptors (Lipinski definition) is 2. The van der Waals surface area contributed by atoms with Crippen LogP contribution in [0.4, 0.5) is 0 Å². The maximum absolute atomic E-state index is 12.0. The number of aliphatic hydroxyl groups is 1. The van der Waals surface area contributed by atoms with Gasteiger partial charge in [-0.15, -0.1) is 0 Å². The van der Waals surface area contributed by atoms with Crippen molar-refractivity contribution >= 4 is 5.78 Å². The molecule has 79 valence electrons. The van der Waals surface area contributed by atoms with E-state index in [1.165, 1.54) is 0 Å². The molecule has 2 rings (SSSR count). The van der Waals surface area contributed by atoms with Gasteiger partial charge in [-0.1, -0.05) is 43.2 Å². The third-order valence-corrected chi connectivity index (χ3v) is 2.92. The van der Waals surface area contributed by atoms with E-state index in [2.05, 4.69) is 0 Å². The van der Waals surface area contributed by atoms with Crippen LogP contribution in [-0.2, 0) is 0 Å². The molecule has 1 fully saturated rings. The number of rotatable bonds is 2. The quantitative estimate of drug-likeness (QED) is 0.749. The number of hydrogen-bond donors (Lipinski definition) is 1. The smallest absolute Gasteiger partial charge is 0.194 e. The average molecular weight is 203 g/mol. The third-order valence-electron chi connectivity index (χ3n) is 2.92. The first kappa shape index (κ1) is 10.4. The second-order valence-corrected chi connectivity index (χ2v) is 4.07. The molecule has 1 unspecified atom stereocenters. The van der Waals surface area contributed by atoms with Crippen LogP contribution in [0, 0.1) is 6.42 Å². The molecule has 0 aromatic heterocycles. The van der Waals surface area contributed by atoms with Gasteiger partial charge >= 0.3 is 0 Å². The zero-order valence-electron chi connectivity index (χ0n) is 8.65. The van der Waals surface area contributed by atoms with E-state index < -0.39 is 5.60 Å². The van der Waals surface area contributed by atoms with Crippen molar-refractivity contribution in [3.8, 4) is 0 Å². The van der Waals surface area contributed by atoms with E-state index in [9.17, 15) is 9.90 Å². The van der Waals surface area contributed by atoms with Crippen molar-refractivity contribution in [1.82, 2.24) is 0 Å². The van der Waals surface area contributed by atoms with Crippen molar-refractivity contribution in [3.63, 3.8) is 0 Å². The molecule has 1 aliphatic carbocycles. The molecule has 0 saturated heterocycles. The zero-order chi connectivity index (χ0) is 10.7. The lowest BCUT2D eigenvalue weighted by Gasteiger charge is -2.30. The summed E-state index contributed by atoms with van der Waals surface area (Å²) in [6.07, 6.45) is 5.14. The van der Waals surface area contributed by atoms with Crippen LogP contribution in [0.5, 0.6) is 0 Å². The molecule has 2 heteroatoms. The minimum absolute atomic E-state index is 0.164. The van der Waals surface area contributed by atoms with Gasteiger partial charge in [-0.05, 0) is 12.8 Å². The van der Waals surface area contributed by atoms with Crippen LogP contribution < -0.4 is 0 Å². The SMILES string of the molecule is O=C(c1ccccc1)C1(O)[CH]CCCC1. The summed E-state index contributed by atoms with van der Waals surface area (Å²) in [5.41, 5.74) is -0.627. The highest BCUT2D eigenvalue weighted by Crippen LogP contribution is 2.30. The van der Waals surface area contributed by atoms with Crippen LogP contribution >= 0.6 is 0 Å². The van der Waals surface area contributed by atoms with Crippen LogP contribution in [0.1, 0.15) is 36.0 Å². The van der Waals surface area contributed by atoms with E-state index in [0.29, 0.717) is 12.0 Å². The topological polar surface area (TPSA) is 37.3 Å². The molecular weight excluding hydrogens is 188 g/mol. The van der Waals surface area contributed by atoms with Gasteiger partial charge in [-0.25, -0.2) is 0 Å². The van der Waals surface area contributed by atoms with Gasteiger partial charge in [0.15, 0.2) is 5.78 Å². The van der Waals surface area contributed by atoms with Crippen molar-refractivity contribution < 1.29 is 9.90 Å². The third kappa shape index (κ3) is 2.10. The number of Topliss-reactive ketones (excluding diaryl/α,β-unsaturated/α-hetero) is 1. The number of benzene rings is 1. The van der Waals surface area contributed by atoms with Crippen LogP contribution in [-0.4, -0.2) is 16.5 Å². The van der Waals surface area contributed by atoms with Crippen molar-refractivity contribution in [2.45, 2.75) is 31.3 Å². The Balaban J connectivity index is 2.20. The zero-order valence-corrected chi connectivity index (χ0v) is 8.65. The number of carbonyl (C=O) groups is 1. The fourth-order valence-electron chi connectivity index (χ4n) is 2.03. The molecule has 2 nitrogen and oxygen atoms in total. The molecule has 1 radical (unpaired) electrons. The summed E-state index contributed by atoms with van der Waals surface area (Å²) in [6, 6.07) is 9.01. The molecule has 1 aliphatic rings. The predicted octanol–water partition coefficient (Wildman–Crippen LogP) is 2.38. The number of ketones is 1. The summed E-state index contributed by atoms with van der Waals surface area (Å²) in [4.78, 5) is 12.0. The van der Waals surface area contributed by atoms with Gasteiger partial charge in [0.1, 0.15) is 5.60 Å². The minimum Gasteiger partial charge on any atom is -0.381 e. The van der Waals surface area contributed by atoms with Gasteiger partial charge < -0.3 is 5.11 Å². The monoisotopic (exact) mass is 203 g/mol. The summed E-state index contributed by atoms with van der Waals surface area (Å²) >= 11 is 0. The van der Waals surface area contributed by atoms with Crippen LogP contribution in [0.25, 0.3) is 0 Å². The highest BCUT2D eigenvalue weighted by molar-refractivity contribution is 6.03. The largest absolute Gasteiger partial charge is 0.381 e. The summed E-state index contributed by atoms with van der Waals surface area (Å²) in [5, 5.41) is 10.2. The lowest BCUT2D eigenvalue weighted by atomic mass is 9.79. The normalized spacial score (nSPS) is 19.8. The fourth-order valence-corrected chi connectivity index (χ4v) is 2.03. The molecule has 0 spiro atoms. The second kappa shape index (κ2) is 4.15. The second-order valence-electron chi connectivity index (χ2n) is 4.07. The van der Waals surface area contributed by atoms with E-state index in [-0.39, 0.29) is 5.78 Å². The Morgan fingerprint density at radius 2 is 1.93 bits per heavy atom. The highest BCUT2D eigenvalue weighted by atomic mass is 16.3. The molecular formula is C13H15O2. The van der Waals surface area contributed by atoms with Crippen LogP contribution in [0.2, 0.25) is 0 Å². The molecule has 0 aliphatic heterocycles. The first-order chi connectivity index (χ1) is 7.22. The molecule has 0 heterocycles. The van der Waals surface area contributed by atoms with E-state index in [1.54, 1.807) is 18.6 Å². The molecule has 1 N–H and O–H groups in total. The minimum atomic E-state index is -1.22. The van der Waals surface area contributed by atoms with Gasteiger partial charge in [0, 0.05) is 12.0 Å². The van der Waals surface area contributed by atoms with Gasteiger partial charge in [0.25, 0.3) is 0 Å². The van der Waals surface area contributed by atoms with E-state index >= 15 is 0 Å². The summed E-state index contributed by atoms with van der Waals surface area (Å²) in [6.45, 7) is 0. The molecule has 0 bridgehead atoms. The maximum atomic E-state index is 12.0. The first-order valence-electron chi connectivity index (χ1n) is 5.39. The van der Waals surface area contributed by atoms with Crippen LogP contribution in [0.3, 0.4) is 0 Å². The Hall–Kier alpha value is -1.15. The van der Waals surface area contributed by atoms with Crippen molar-refractivity contribution in [3.05, 3.63) is 42.3 Å². The van der Waals surface area contributed by atoms with Crippen molar-refractivity contribution in [2.75, 3.05) is 0 Å². The predicted molar refractivity (Wildman–Crippen MR) is 58.5 cm³/mol. The van der Waals surface area contributed by atoms with Crippen LogP contribution in [0.15, 0.2) is 30.3 Å². The lowest BCUT2D eigenvalue weighted by molar-refractivity contribution is 0.0353. The standard InChI is InChI=1S/C13H15O2/c14-12(11-7-3-1-4-8-11)13(15)9-5-2-6-10-13/h1,3-4,7-9,15H,2,5-6,10H2. The lowest BCUT2D eigenvalue weighted by Crippen LogP contribution is -2.41. The Morgan fingerprint density at radius 3 is 2.53 bits per heavy atom. The first-order valence-corrected chi connectivity index (χ1v) is 5.39. The number of carbonyl (C=O) groups excluding carboxylic acids is 1. The van der Waals surface area contributed by atoms with E-state index in [0.717, 1.165) is 19.3 Å². The van der Waals surface area contributed by atoms with E-state index in [1.807, 2.05) is 18.2 Å².